The number of nitrogens with zero attached hydrogens (tertiary/aromatic N) is 4. The summed E-state index contributed by atoms with van der Waals surface area (Å²) in [5, 5.41) is 4.13. The fraction of sp³-hybridized carbons (Fsp3) is 0.562. The number of aryl methyl sites for hydroxylation is 2. The molecule has 22 heavy (non-hydrogen) atoms. The van der Waals surface area contributed by atoms with Gasteiger partial charge in [-0.05, 0) is 12.8 Å². The Bertz CT molecular complexity index is 685. The van der Waals surface area contributed by atoms with E-state index < -0.39 is 0 Å². The maximum Gasteiger partial charge on any atom is 0.230 e. The first-order valence-electron chi connectivity index (χ1n) is 7.79. The molecule has 0 aliphatic heterocycles. The fourth-order valence-electron chi connectivity index (χ4n) is 2.97. The molecule has 0 saturated carbocycles. The first-order valence-corrected chi connectivity index (χ1v) is 7.79. The van der Waals surface area contributed by atoms with Crippen molar-refractivity contribution in [2.75, 3.05) is 11.9 Å². The van der Waals surface area contributed by atoms with Gasteiger partial charge in [0.1, 0.15) is 5.82 Å². The van der Waals surface area contributed by atoms with Gasteiger partial charge < -0.3 is 9.88 Å². The Hall–Kier alpha value is -2.11. The molecule has 0 spiro atoms. The summed E-state index contributed by atoms with van der Waals surface area (Å²) in [6, 6.07) is 0. The predicted octanol–water partition coefficient (Wildman–Crippen LogP) is 2.03. The smallest absolute Gasteiger partial charge is 0.230 e. The lowest BCUT2D eigenvalue weighted by molar-refractivity contribution is -0.122. The molecule has 0 aromatic carbocycles. The Kier molecular flexibility index (Phi) is 3.76. The number of anilines is 1. The van der Waals surface area contributed by atoms with E-state index in [1.165, 1.54) is 0 Å². The van der Waals surface area contributed by atoms with Crippen LogP contribution in [0, 0.1) is 5.92 Å². The Morgan fingerprint density at radius 2 is 2.27 bits per heavy atom. The second-order valence-electron chi connectivity index (χ2n) is 6.41. The molecule has 1 unspecified atom stereocenters. The third-order valence-corrected chi connectivity index (χ3v) is 4.37. The molecule has 0 fully saturated rings. The van der Waals surface area contributed by atoms with Crippen molar-refractivity contribution in [2.45, 2.75) is 39.0 Å². The summed E-state index contributed by atoms with van der Waals surface area (Å²) in [5.74, 6) is 1.58. The van der Waals surface area contributed by atoms with Crippen molar-refractivity contribution in [3.8, 4) is 0 Å². The van der Waals surface area contributed by atoms with E-state index in [9.17, 15) is 4.79 Å². The van der Waals surface area contributed by atoms with Gasteiger partial charge in [-0.15, -0.1) is 0 Å². The average Bonchev–Trinajstić information content (AvgIpc) is 3.10. The molecular weight excluding hydrogens is 278 g/mol. The highest BCUT2D eigenvalue weighted by atomic mass is 16.2. The lowest BCUT2D eigenvalue weighted by Gasteiger charge is -2.25. The summed E-state index contributed by atoms with van der Waals surface area (Å²) in [6.07, 6.45) is 6.06. The van der Waals surface area contributed by atoms with Gasteiger partial charge in [0.25, 0.3) is 0 Å². The highest BCUT2D eigenvalue weighted by Crippen LogP contribution is 2.28. The lowest BCUT2D eigenvalue weighted by Crippen LogP contribution is -2.35. The fourth-order valence-corrected chi connectivity index (χ4v) is 2.97. The molecule has 0 bridgehead atoms. The monoisotopic (exact) mass is 301 g/mol. The summed E-state index contributed by atoms with van der Waals surface area (Å²) in [4.78, 5) is 22.5. The molecule has 1 N–H and O–H groups in total. The van der Waals surface area contributed by atoms with Crippen LogP contribution in [-0.2, 0) is 24.7 Å². The molecular formula is C16H23N5O. The Morgan fingerprint density at radius 1 is 1.50 bits per heavy atom. The summed E-state index contributed by atoms with van der Waals surface area (Å²) in [6.45, 7) is 4.26. The summed E-state index contributed by atoms with van der Waals surface area (Å²) < 4.78 is 1.71. The number of carbonyl (C=O) groups excluding carboxylic acids is 1. The number of nitrogens with one attached hydrogen (secondary N) is 1. The molecule has 6 nitrogen and oxygen atoms in total. The zero-order valence-corrected chi connectivity index (χ0v) is 13.6. The number of aromatic nitrogens is 4. The summed E-state index contributed by atoms with van der Waals surface area (Å²) in [7, 11) is 3.67. The van der Waals surface area contributed by atoms with Crippen LogP contribution in [0.25, 0.3) is 0 Å². The maximum atomic E-state index is 12.7. The third-order valence-electron chi connectivity index (χ3n) is 4.37. The van der Waals surface area contributed by atoms with Gasteiger partial charge in [-0.1, -0.05) is 13.8 Å². The van der Waals surface area contributed by atoms with Crippen molar-refractivity contribution in [2.24, 2.45) is 13.0 Å². The first-order chi connectivity index (χ1) is 10.5. The third kappa shape index (κ3) is 2.65. The van der Waals surface area contributed by atoms with Gasteiger partial charge in [0.2, 0.25) is 5.91 Å². The number of imidazole rings is 1. The van der Waals surface area contributed by atoms with Crippen LogP contribution in [0.1, 0.15) is 43.4 Å². The number of rotatable bonds is 3. The van der Waals surface area contributed by atoms with Crippen LogP contribution < -0.4 is 4.90 Å². The number of fused-ring (bicyclic) bond motifs is 1. The van der Waals surface area contributed by atoms with Crippen molar-refractivity contribution in [1.82, 2.24) is 19.7 Å². The van der Waals surface area contributed by atoms with Crippen molar-refractivity contribution < 1.29 is 4.79 Å². The van der Waals surface area contributed by atoms with Crippen molar-refractivity contribution in [1.29, 1.82) is 0 Å². The van der Waals surface area contributed by atoms with Crippen molar-refractivity contribution >= 4 is 11.6 Å². The average molecular weight is 301 g/mol. The molecule has 2 aromatic rings. The molecule has 0 radical (unpaired) electrons. The van der Waals surface area contributed by atoms with Crippen LogP contribution in [0.3, 0.4) is 0 Å². The van der Waals surface area contributed by atoms with Crippen LogP contribution in [-0.4, -0.2) is 32.7 Å². The SMILES string of the molecule is CC(C)c1nc2c([nH]1)CC(C(=O)N(C)c1cnn(C)c1)CC2. The minimum Gasteiger partial charge on any atom is -0.345 e. The number of amides is 1. The standard InChI is InChI=1S/C16H23N5O/c1-10(2)15-18-13-6-5-11(7-14(13)19-15)16(22)21(4)12-8-17-20(3)9-12/h8-11H,5-7H2,1-4H3,(H,18,19). The second kappa shape index (κ2) is 5.59. The Balaban J connectivity index is 1.74. The van der Waals surface area contributed by atoms with E-state index in [0.717, 1.165) is 42.2 Å². The number of hydrogen-bond acceptors (Lipinski definition) is 3. The van der Waals surface area contributed by atoms with Gasteiger partial charge in [0.15, 0.2) is 0 Å². The van der Waals surface area contributed by atoms with Crippen LogP contribution in [0.2, 0.25) is 0 Å². The largest absolute Gasteiger partial charge is 0.345 e. The van der Waals surface area contributed by atoms with E-state index >= 15 is 0 Å². The van der Waals surface area contributed by atoms with Gasteiger partial charge in [0, 0.05) is 44.2 Å². The van der Waals surface area contributed by atoms with E-state index in [1.54, 1.807) is 15.8 Å². The molecule has 2 heterocycles. The summed E-state index contributed by atoms with van der Waals surface area (Å²) in [5.41, 5.74) is 3.11. The first kappa shape index (κ1) is 14.8. The van der Waals surface area contributed by atoms with Gasteiger partial charge >= 0.3 is 0 Å². The van der Waals surface area contributed by atoms with Crippen molar-refractivity contribution in [3.63, 3.8) is 0 Å². The number of H-pyrrole nitrogens is 1. The molecule has 1 aliphatic carbocycles. The molecule has 1 amide bonds. The van der Waals surface area contributed by atoms with Gasteiger partial charge in [-0.25, -0.2) is 4.98 Å². The van der Waals surface area contributed by atoms with E-state index in [4.69, 9.17) is 0 Å². The topological polar surface area (TPSA) is 66.8 Å². The minimum atomic E-state index is 0.0122. The Morgan fingerprint density at radius 3 is 2.91 bits per heavy atom. The second-order valence-corrected chi connectivity index (χ2v) is 6.41. The molecule has 0 saturated heterocycles. The minimum absolute atomic E-state index is 0.0122. The number of carbonyl (C=O) groups is 1. The van der Waals surface area contributed by atoms with Crippen molar-refractivity contribution in [3.05, 3.63) is 29.6 Å². The summed E-state index contributed by atoms with van der Waals surface area (Å²) >= 11 is 0. The van der Waals surface area contributed by atoms with Gasteiger partial charge in [-0.2, -0.15) is 5.10 Å². The molecule has 1 atom stereocenters. The lowest BCUT2D eigenvalue weighted by atomic mass is 9.89. The predicted molar refractivity (Wildman–Crippen MR) is 84.8 cm³/mol. The molecule has 1 aliphatic rings. The van der Waals surface area contributed by atoms with E-state index in [2.05, 4.69) is 28.9 Å². The van der Waals surface area contributed by atoms with Gasteiger partial charge in [-0.3, -0.25) is 9.48 Å². The van der Waals surface area contributed by atoms with E-state index in [1.807, 2.05) is 20.3 Å². The zero-order chi connectivity index (χ0) is 15.9. The van der Waals surface area contributed by atoms with Crippen LogP contribution >= 0.6 is 0 Å². The van der Waals surface area contributed by atoms with E-state index in [-0.39, 0.29) is 11.8 Å². The molecule has 2 aromatic heterocycles. The normalized spacial score (nSPS) is 17.6. The quantitative estimate of drug-likeness (QED) is 0.943. The van der Waals surface area contributed by atoms with E-state index in [0.29, 0.717) is 5.92 Å². The highest BCUT2D eigenvalue weighted by Gasteiger charge is 2.30. The molecule has 6 heteroatoms. The molecule has 118 valence electrons. The maximum absolute atomic E-state index is 12.7. The number of aromatic amines is 1. The van der Waals surface area contributed by atoms with Gasteiger partial charge in [0.05, 0.1) is 17.6 Å². The Labute approximate surface area is 130 Å². The highest BCUT2D eigenvalue weighted by molar-refractivity contribution is 5.94. The number of hydrogen-bond donors (Lipinski definition) is 1. The molecule has 3 rings (SSSR count). The van der Waals surface area contributed by atoms with Crippen LogP contribution in [0.5, 0.6) is 0 Å². The van der Waals surface area contributed by atoms with Crippen LogP contribution in [0.15, 0.2) is 12.4 Å². The zero-order valence-electron chi connectivity index (χ0n) is 13.6. The van der Waals surface area contributed by atoms with Crippen LogP contribution in [0.4, 0.5) is 5.69 Å².